The molecule has 3 aromatic rings. The van der Waals surface area contributed by atoms with Gasteiger partial charge in [0.15, 0.2) is 0 Å². The smallest absolute Gasteiger partial charge is 0.251 e. The molecule has 1 saturated heterocycles. The Balaban J connectivity index is 1.53. The number of nitrogens with two attached hydrogens (primary N) is 1. The van der Waals surface area contributed by atoms with Gasteiger partial charge in [-0.2, -0.15) is 0 Å². The number of pyridine rings is 1. The van der Waals surface area contributed by atoms with Gasteiger partial charge < -0.3 is 15.3 Å². The molecule has 6 nitrogen and oxygen atoms in total. The Kier molecular flexibility index (Phi) is 6.23. The summed E-state index contributed by atoms with van der Waals surface area (Å²) in [7, 11) is 0. The van der Waals surface area contributed by atoms with Crippen molar-refractivity contribution in [3.05, 3.63) is 58.8 Å². The van der Waals surface area contributed by atoms with E-state index in [1.54, 1.807) is 12.3 Å². The SMILES string of the molecule is C[C@@H]1CCC[C@H](C)N1CCC(CCn1c(=O)ccc2ccccc21)c1ncc(N)[nH]1. The van der Waals surface area contributed by atoms with E-state index in [1.807, 2.05) is 28.8 Å². The molecule has 4 rings (SSSR count). The van der Waals surface area contributed by atoms with Crippen LogP contribution in [0.5, 0.6) is 0 Å². The molecule has 3 N–H and O–H groups in total. The van der Waals surface area contributed by atoms with E-state index in [2.05, 4.69) is 34.8 Å². The van der Waals surface area contributed by atoms with E-state index >= 15 is 0 Å². The number of fused-ring (bicyclic) bond motifs is 1. The topological polar surface area (TPSA) is 79.9 Å². The fraction of sp³-hybridized carbons (Fsp3) is 0.500. The van der Waals surface area contributed by atoms with Crippen molar-refractivity contribution in [3.8, 4) is 0 Å². The zero-order chi connectivity index (χ0) is 21.1. The lowest BCUT2D eigenvalue weighted by molar-refractivity contribution is 0.0986. The van der Waals surface area contributed by atoms with Crippen molar-refractivity contribution < 1.29 is 0 Å². The van der Waals surface area contributed by atoms with Crippen molar-refractivity contribution in [1.29, 1.82) is 0 Å². The van der Waals surface area contributed by atoms with Crippen molar-refractivity contribution in [2.75, 3.05) is 12.3 Å². The normalized spacial score (nSPS) is 21.1. The van der Waals surface area contributed by atoms with Gasteiger partial charge in [0.25, 0.3) is 5.56 Å². The van der Waals surface area contributed by atoms with E-state index in [0.29, 0.717) is 24.4 Å². The Morgan fingerprint density at radius 2 is 1.83 bits per heavy atom. The molecule has 0 spiro atoms. The largest absolute Gasteiger partial charge is 0.384 e. The third-order valence-corrected chi connectivity index (χ3v) is 6.71. The van der Waals surface area contributed by atoms with E-state index in [0.717, 1.165) is 36.1 Å². The highest BCUT2D eigenvalue weighted by Gasteiger charge is 2.26. The average molecular weight is 408 g/mol. The minimum atomic E-state index is 0.0460. The number of imidazole rings is 1. The minimum absolute atomic E-state index is 0.0460. The highest BCUT2D eigenvalue weighted by Crippen LogP contribution is 2.27. The van der Waals surface area contributed by atoms with Crippen LogP contribution in [0.2, 0.25) is 0 Å². The second kappa shape index (κ2) is 9.04. The van der Waals surface area contributed by atoms with Crippen LogP contribution < -0.4 is 11.3 Å². The highest BCUT2D eigenvalue weighted by molar-refractivity contribution is 5.78. The van der Waals surface area contributed by atoms with Crippen LogP contribution in [0.4, 0.5) is 5.82 Å². The summed E-state index contributed by atoms with van der Waals surface area (Å²) in [6.45, 7) is 6.38. The van der Waals surface area contributed by atoms with Crippen molar-refractivity contribution in [2.24, 2.45) is 0 Å². The van der Waals surface area contributed by atoms with Gasteiger partial charge in [-0.25, -0.2) is 4.98 Å². The second-order valence-corrected chi connectivity index (χ2v) is 8.75. The first kappa shape index (κ1) is 20.7. The van der Waals surface area contributed by atoms with Gasteiger partial charge >= 0.3 is 0 Å². The predicted molar refractivity (Wildman–Crippen MR) is 123 cm³/mol. The number of aromatic amines is 1. The maximum Gasteiger partial charge on any atom is 0.251 e. The molecule has 1 aliphatic heterocycles. The number of H-pyrrole nitrogens is 1. The van der Waals surface area contributed by atoms with Gasteiger partial charge in [-0.1, -0.05) is 24.6 Å². The zero-order valence-corrected chi connectivity index (χ0v) is 18.1. The maximum absolute atomic E-state index is 12.6. The molecule has 3 atom stereocenters. The summed E-state index contributed by atoms with van der Waals surface area (Å²) >= 11 is 0. The van der Waals surface area contributed by atoms with E-state index in [1.165, 1.54) is 19.3 Å². The molecule has 160 valence electrons. The molecule has 1 unspecified atom stereocenters. The van der Waals surface area contributed by atoms with Crippen LogP contribution in [0.3, 0.4) is 0 Å². The van der Waals surface area contributed by atoms with Gasteiger partial charge in [0.1, 0.15) is 11.6 Å². The third-order valence-electron chi connectivity index (χ3n) is 6.71. The molecule has 3 heterocycles. The van der Waals surface area contributed by atoms with Gasteiger partial charge in [-0.3, -0.25) is 9.69 Å². The lowest BCUT2D eigenvalue weighted by Crippen LogP contribution is -2.44. The minimum Gasteiger partial charge on any atom is -0.384 e. The van der Waals surface area contributed by atoms with Crippen LogP contribution in [-0.2, 0) is 6.54 Å². The number of nitrogen functional groups attached to an aromatic ring is 1. The first-order chi connectivity index (χ1) is 14.5. The standard InChI is InChI=1S/C24H33N5O/c1-17-6-5-7-18(2)28(17)14-12-20(24-26-16-22(25)27-24)13-15-29-21-9-4-3-8-19(21)10-11-23(29)30/h3-4,8-11,16-18,20H,5-7,12-15,25H2,1-2H3,(H,26,27)/t17-,18+,20?. The molecular weight excluding hydrogens is 374 g/mol. The maximum atomic E-state index is 12.6. The summed E-state index contributed by atoms with van der Waals surface area (Å²) in [5, 5.41) is 1.09. The van der Waals surface area contributed by atoms with Crippen molar-refractivity contribution in [3.63, 3.8) is 0 Å². The Hall–Kier alpha value is -2.60. The van der Waals surface area contributed by atoms with Gasteiger partial charge in [-0.05, 0) is 63.6 Å². The van der Waals surface area contributed by atoms with Crippen molar-refractivity contribution >= 4 is 16.7 Å². The number of nitrogens with zero attached hydrogens (tertiary/aromatic N) is 3. The number of aryl methyl sites for hydroxylation is 1. The van der Waals surface area contributed by atoms with Crippen LogP contribution in [0.25, 0.3) is 10.9 Å². The molecular formula is C24H33N5O. The number of rotatable bonds is 7. The number of anilines is 1. The fourth-order valence-corrected chi connectivity index (χ4v) is 4.96. The summed E-state index contributed by atoms with van der Waals surface area (Å²) in [5.74, 6) is 1.75. The van der Waals surface area contributed by atoms with Crippen molar-refractivity contribution in [1.82, 2.24) is 19.4 Å². The lowest BCUT2D eigenvalue weighted by Gasteiger charge is -2.39. The van der Waals surface area contributed by atoms with E-state index in [9.17, 15) is 4.79 Å². The molecule has 0 saturated carbocycles. The number of hydrogen-bond acceptors (Lipinski definition) is 4. The van der Waals surface area contributed by atoms with Crippen LogP contribution in [-0.4, -0.2) is 38.1 Å². The monoisotopic (exact) mass is 407 g/mol. The molecule has 1 aliphatic rings. The number of piperidine rings is 1. The van der Waals surface area contributed by atoms with Crippen molar-refractivity contribution in [2.45, 2.75) is 70.5 Å². The van der Waals surface area contributed by atoms with E-state index in [4.69, 9.17) is 5.73 Å². The number of para-hydroxylation sites is 1. The molecule has 0 radical (unpaired) electrons. The summed E-state index contributed by atoms with van der Waals surface area (Å²) in [6, 6.07) is 12.9. The molecule has 1 aromatic carbocycles. The number of likely N-dealkylation sites (tertiary alicyclic amines) is 1. The molecule has 0 aliphatic carbocycles. The highest BCUT2D eigenvalue weighted by atomic mass is 16.1. The fourth-order valence-electron chi connectivity index (χ4n) is 4.96. The Morgan fingerprint density at radius 3 is 2.57 bits per heavy atom. The third kappa shape index (κ3) is 4.43. The summed E-state index contributed by atoms with van der Waals surface area (Å²) in [6.07, 6.45) is 7.40. The Labute approximate surface area is 178 Å². The van der Waals surface area contributed by atoms with Gasteiger partial charge in [0, 0.05) is 30.6 Å². The predicted octanol–water partition coefficient (Wildman–Crippen LogP) is 4.13. The molecule has 0 bridgehead atoms. The van der Waals surface area contributed by atoms with Crippen LogP contribution >= 0.6 is 0 Å². The van der Waals surface area contributed by atoms with Crippen LogP contribution in [0.1, 0.15) is 57.7 Å². The van der Waals surface area contributed by atoms with Crippen LogP contribution in [0.15, 0.2) is 47.4 Å². The number of hydrogen-bond donors (Lipinski definition) is 2. The van der Waals surface area contributed by atoms with E-state index < -0.39 is 0 Å². The first-order valence-corrected chi connectivity index (χ1v) is 11.2. The Morgan fingerprint density at radius 1 is 1.10 bits per heavy atom. The Bertz CT molecular complexity index is 1030. The van der Waals surface area contributed by atoms with Crippen LogP contribution in [0, 0.1) is 0 Å². The number of nitrogens with one attached hydrogen (secondary N) is 1. The number of benzene rings is 1. The van der Waals surface area contributed by atoms with Gasteiger partial charge in [-0.15, -0.1) is 0 Å². The molecule has 2 aromatic heterocycles. The average Bonchev–Trinajstić information content (AvgIpc) is 3.17. The first-order valence-electron chi connectivity index (χ1n) is 11.2. The molecule has 6 heteroatoms. The number of aromatic nitrogens is 3. The van der Waals surface area contributed by atoms with Gasteiger partial charge in [0.05, 0.1) is 11.7 Å². The lowest BCUT2D eigenvalue weighted by atomic mass is 9.94. The summed E-state index contributed by atoms with van der Waals surface area (Å²) in [4.78, 5) is 23.0. The molecule has 30 heavy (non-hydrogen) atoms. The summed E-state index contributed by atoms with van der Waals surface area (Å²) < 4.78 is 1.89. The molecule has 0 amide bonds. The molecule has 1 fully saturated rings. The summed E-state index contributed by atoms with van der Waals surface area (Å²) in [5.41, 5.74) is 6.95. The van der Waals surface area contributed by atoms with E-state index in [-0.39, 0.29) is 11.5 Å². The quantitative estimate of drug-likeness (QED) is 0.617. The van der Waals surface area contributed by atoms with Gasteiger partial charge in [0.2, 0.25) is 0 Å². The zero-order valence-electron chi connectivity index (χ0n) is 18.1. The second-order valence-electron chi connectivity index (χ2n) is 8.75.